The average molecular weight is 457 g/mol. The minimum Gasteiger partial charge on any atom is -0.493 e. The molecule has 0 bridgehead atoms. The van der Waals surface area contributed by atoms with Gasteiger partial charge in [-0.1, -0.05) is 30.8 Å². The number of hydrogen-bond acceptors (Lipinski definition) is 7. The van der Waals surface area contributed by atoms with Gasteiger partial charge in [-0.25, -0.2) is 4.68 Å². The lowest BCUT2D eigenvalue weighted by molar-refractivity contribution is 0.220. The number of thiocarbonyl (C=S) groups is 1. The zero-order valence-corrected chi connectivity index (χ0v) is 19.5. The Balaban J connectivity index is 1.35. The molecule has 1 radical (unpaired) electrons. The summed E-state index contributed by atoms with van der Waals surface area (Å²) in [6.45, 7) is 5.62. The van der Waals surface area contributed by atoms with Crippen molar-refractivity contribution in [3.63, 3.8) is 0 Å². The number of rotatable bonds is 9. The number of aromatic nitrogens is 3. The van der Waals surface area contributed by atoms with E-state index < -0.39 is 6.04 Å². The molecule has 3 heterocycles. The molecule has 32 heavy (non-hydrogen) atoms. The van der Waals surface area contributed by atoms with E-state index >= 15 is 0 Å². The van der Waals surface area contributed by atoms with Crippen molar-refractivity contribution >= 4 is 29.1 Å². The van der Waals surface area contributed by atoms with Gasteiger partial charge in [0.15, 0.2) is 0 Å². The van der Waals surface area contributed by atoms with Gasteiger partial charge in [-0.05, 0) is 62.9 Å². The molecule has 2 aromatic rings. The second kappa shape index (κ2) is 11.0. The second-order valence-corrected chi connectivity index (χ2v) is 9.20. The molecule has 1 aromatic heterocycles. The minimum atomic E-state index is -0.437. The van der Waals surface area contributed by atoms with Crippen molar-refractivity contribution in [2.75, 3.05) is 43.4 Å². The lowest BCUT2D eigenvalue weighted by Gasteiger charge is -2.26. The molecular formula is C23H34N7OS. The molecule has 2 aliphatic rings. The van der Waals surface area contributed by atoms with E-state index in [4.69, 9.17) is 28.4 Å². The van der Waals surface area contributed by atoms with Gasteiger partial charge >= 0.3 is 0 Å². The monoisotopic (exact) mass is 456 g/mol. The Morgan fingerprint density at radius 1 is 1.09 bits per heavy atom. The fraction of sp³-hybridized carbons (Fsp3) is 0.609. The van der Waals surface area contributed by atoms with Crippen LogP contribution in [-0.4, -0.2) is 57.4 Å². The van der Waals surface area contributed by atoms with E-state index in [-0.39, 0.29) is 4.99 Å². The predicted molar refractivity (Wildman–Crippen MR) is 131 cm³/mol. The average Bonchev–Trinajstić information content (AvgIpc) is 3.19. The summed E-state index contributed by atoms with van der Waals surface area (Å²) in [4.78, 5) is 9.19. The predicted octanol–water partition coefficient (Wildman–Crippen LogP) is 3.46. The highest BCUT2D eigenvalue weighted by Gasteiger charge is 2.23. The van der Waals surface area contributed by atoms with Crippen LogP contribution in [0.4, 0.5) is 11.9 Å². The largest absolute Gasteiger partial charge is 0.493 e. The molecule has 8 nitrogen and oxygen atoms in total. The van der Waals surface area contributed by atoms with Crippen LogP contribution in [-0.2, 0) is 6.54 Å². The first kappa shape index (κ1) is 22.8. The zero-order chi connectivity index (χ0) is 22.3. The van der Waals surface area contributed by atoms with E-state index in [1.807, 2.05) is 12.1 Å². The van der Waals surface area contributed by atoms with Crippen LogP contribution in [0.5, 0.6) is 5.75 Å². The first-order valence-electron chi connectivity index (χ1n) is 11.8. The van der Waals surface area contributed by atoms with Gasteiger partial charge in [0.25, 0.3) is 0 Å². The van der Waals surface area contributed by atoms with E-state index in [9.17, 15) is 0 Å². The molecule has 4 rings (SSSR count). The number of nitrogens with two attached hydrogens (primary N) is 1. The molecule has 173 valence electrons. The van der Waals surface area contributed by atoms with Gasteiger partial charge < -0.3 is 15.4 Å². The van der Waals surface area contributed by atoms with Crippen molar-refractivity contribution in [3.05, 3.63) is 29.8 Å². The lowest BCUT2D eigenvalue weighted by Crippen LogP contribution is -2.30. The van der Waals surface area contributed by atoms with E-state index in [1.165, 1.54) is 44.3 Å². The quantitative estimate of drug-likeness (QED) is 0.577. The summed E-state index contributed by atoms with van der Waals surface area (Å²) < 4.78 is 7.62. The summed E-state index contributed by atoms with van der Waals surface area (Å²) in [5.74, 6) is 1.78. The Labute approximate surface area is 195 Å². The standard InChI is InChI=1S/C23H34N7OS/c24-21(32)20(30-22(25)26-23(27-30)29-13-5-2-6-14-29)10-15-31-19-9-7-8-18(16-19)17-28-11-3-1-4-12-28/h7-9,16,20,24H,1-6,10-15,17H2,(H2,25,26,27). The van der Waals surface area contributed by atoms with Crippen LogP contribution in [0.25, 0.3) is 0 Å². The summed E-state index contributed by atoms with van der Waals surface area (Å²) in [5.41, 5.74) is 15.5. The van der Waals surface area contributed by atoms with Gasteiger partial charge in [0.1, 0.15) is 16.8 Å². The van der Waals surface area contributed by atoms with Crippen molar-refractivity contribution in [1.29, 1.82) is 0 Å². The number of piperidine rings is 2. The number of nitrogen functional groups attached to an aromatic ring is 1. The summed E-state index contributed by atoms with van der Waals surface area (Å²) >= 11 is 5.21. The van der Waals surface area contributed by atoms with Crippen LogP contribution >= 0.6 is 12.2 Å². The highest BCUT2D eigenvalue weighted by molar-refractivity contribution is 7.80. The fourth-order valence-corrected chi connectivity index (χ4v) is 4.76. The first-order chi connectivity index (χ1) is 15.6. The third-order valence-corrected chi connectivity index (χ3v) is 6.57. The van der Waals surface area contributed by atoms with E-state index in [0.717, 1.165) is 38.2 Å². The molecule has 1 aromatic carbocycles. The Morgan fingerprint density at radius 2 is 1.81 bits per heavy atom. The molecule has 1 unspecified atom stereocenters. The summed E-state index contributed by atoms with van der Waals surface area (Å²) in [6, 6.07) is 7.85. The molecule has 3 N–H and O–H groups in total. The van der Waals surface area contributed by atoms with Gasteiger partial charge in [0.05, 0.1) is 6.61 Å². The van der Waals surface area contributed by atoms with Crippen molar-refractivity contribution in [3.8, 4) is 5.75 Å². The number of ether oxygens (including phenoxy) is 1. The Hall–Kier alpha value is -2.39. The number of anilines is 2. The maximum absolute atomic E-state index is 8.10. The van der Waals surface area contributed by atoms with Crippen molar-refractivity contribution in [1.82, 2.24) is 25.4 Å². The topological polar surface area (TPSA) is 96.2 Å². The number of nitrogens with zero attached hydrogens (tertiary/aromatic N) is 5. The Bertz CT molecular complexity index is 890. The second-order valence-electron chi connectivity index (χ2n) is 8.76. The molecule has 2 saturated heterocycles. The van der Waals surface area contributed by atoms with Crippen LogP contribution in [0.2, 0.25) is 0 Å². The summed E-state index contributed by atoms with van der Waals surface area (Å²) in [7, 11) is 0. The van der Waals surface area contributed by atoms with E-state index in [0.29, 0.717) is 24.9 Å². The highest BCUT2D eigenvalue weighted by Crippen LogP contribution is 2.23. The number of likely N-dealkylation sites (tertiary alicyclic amines) is 1. The van der Waals surface area contributed by atoms with Crippen molar-refractivity contribution < 1.29 is 4.74 Å². The number of nitrogens with one attached hydrogen (secondary N) is 1. The maximum atomic E-state index is 8.10. The van der Waals surface area contributed by atoms with Gasteiger partial charge in [-0.3, -0.25) is 10.6 Å². The zero-order valence-electron chi connectivity index (χ0n) is 18.7. The van der Waals surface area contributed by atoms with Crippen LogP contribution < -0.4 is 21.1 Å². The van der Waals surface area contributed by atoms with E-state index in [2.05, 4.69) is 32.0 Å². The van der Waals surface area contributed by atoms with E-state index in [1.54, 1.807) is 4.68 Å². The number of benzene rings is 1. The molecule has 1 atom stereocenters. The Morgan fingerprint density at radius 3 is 2.53 bits per heavy atom. The fourth-order valence-electron chi connectivity index (χ4n) is 4.54. The smallest absolute Gasteiger partial charge is 0.246 e. The molecule has 2 fully saturated rings. The Kier molecular flexibility index (Phi) is 7.81. The molecule has 0 saturated carbocycles. The van der Waals surface area contributed by atoms with Crippen LogP contribution in [0.1, 0.15) is 56.6 Å². The third-order valence-electron chi connectivity index (χ3n) is 6.30. The molecule has 0 spiro atoms. The normalized spacial score (nSPS) is 18.4. The molecule has 2 aliphatic heterocycles. The molecule has 0 amide bonds. The first-order valence-corrected chi connectivity index (χ1v) is 12.2. The summed E-state index contributed by atoms with van der Waals surface area (Å²) in [6.07, 6.45) is 7.95. The lowest BCUT2D eigenvalue weighted by atomic mass is 10.1. The van der Waals surface area contributed by atoms with Crippen LogP contribution in [0.15, 0.2) is 24.3 Å². The van der Waals surface area contributed by atoms with Gasteiger partial charge in [-0.2, -0.15) is 4.98 Å². The SMILES string of the molecule is [NH]C(=S)C(CCOc1cccc(CN2CCCCC2)c1)n1nc(N2CCCCC2)nc1N. The van der Waals surface area contributed by atoms with Crippen molar-refractivity contribution in [2.45, 2.75) is 57.5 Å². The molecule has 9 heteroatoms. The molecular weight excluding hydrogens is 422 g/mol. The van der Waals surface area contributed by atoms with Gasteiger partial charge in [-0.15, -0.1) is 5.10 Å². The minimum absolute atomic E-state index is 0.0919. The van der Waals surface area contributed by atoms with Crippen molar-refractivity contribution in [2.24, 2.45) is 0 Å². The molecule has 0 aliphatic carbocycles. The third kappa shape index (κ3) is 5.89. The van der Waals surface area contributed by atoms with Crippen LogP contribution in [0.3, 0.4) is 0 Å². The summed E-state index contributed by atoms with van der Waals surface area (Å²) in [5, 5.41) is 4.60. The van der Waals surface area contributed by atoms with Crippen LogP contribution in [0, 0.1) is 0 Å². The van der Waals surface area contributed by atoms with Gasteiger partial charge in [0, 0.05) is 26.1 Å². The van der Waals surface area contributed by atoms with Gasteiger partial charge in [0.2, 0.25) is 11.9 Å². The highest BCUT2D eigenvalue weighted by atomic mass is 32.1. The number of hydrogen-bond donors (Lipinski definition) is 1. The maximum Gasteiger partial charge on any atom is 0.246 e.